The van der Waals surface area contributed by atoms with Gasteiger partial charge in [0.25, 0.3) is 0 Å². The molecule has 0 fully saturated rings. The summed E-state index contributed by atoms with van der Waals surface area (Å²) in [6.07, 6.45) is 0.441. The highest BCUT2D eigenvalue weighted by Crippen LogP contribution is 2.32. The minimum atomic E-state index is -0.0209. The van der Waals surface area contributed by atoms with Crippen molar-refractivity contribution in [3.63, 3.8) is 0 Å². The molecule has 0 spiro atoms. The van der Waals surface area contributed by atoms with E-state index in [4.69, 9.17) is 5.73 Å². The number of carbonyl (C=O) groups is 2. The van der Waals surface area contributed by atoms with Gasteiger partial charge in [-0.3, -0.25) is 9.59 Å². The van der Waals surface area contributed by atoms with Gasteiger partial charge in [-0.05, 0) is 24.6 Å². The minimum absolute atomic E-state index is 0.0209. The molecule has 4 nitrogen and oxygen atoms in total. The predicted octanol–water partition coefficient (Wildman–Crippen LogP) is 1.90. The molecule has 1 aromatic carbocycles. The van der Waals surface area contributed by atoms with E-state index in [1.54, 1.807) is 6.07 Å². The molecule has 1 heterocycles. The highest BCUT2D eigenvalue weighted by atomic mass is 32.2. The fourth-order valence-corrected chi connectivity index (χ4v) is 2.56. The summed E-state index contributed by atoms with van der Waals surface area (Å²) >= 11 is 1.49. The van der Waals surface area contributed by atoms with Gasteiger partial charge in [-0.25, -0.2) is 0 Å². The lowest BCUT2D eigenvalue weighted by atomic mass is 9.99. The number of carbonyl (C=O) groups excluding carboxylic acids is 2. The molecule has 5 heteroatoms. The molecule has 1 aliphatic rings. The van der Waals surface area contributed by atoms with Crippen LogP contribution in [0.15, 0.2) is 23.1 Å². The SMILES string of the molecule is CC(CN)CC(=O)c1ccc2c(c1)NC(=O)CS2. The number of fused-ring (bicyclic) bond motifs is 1. The number of rotatable bonds is 4. The fraction of sp³-hybridized carbons (Fsp3) is 0.385. The lowest BCUT2D eigenvalue weighted by Crippen LogP contribution is -2.19. The van der Waals surface area contributed by atoms with Gasteiger partial charge in [-0.1, -0.05) is 13.0 Å². The maximum absolute atomic E-state index is 12.0. The van der Waals surface area contributed by atoms with Crippen molar-refractivity contribution in [2.24, 2.45) is 11.7 Å². The summed E-state index contributed by atoms with van der Waals surface area (Å²) in [4.78, 5) is 24.3. The van der Waals surface area contributed by atoms with E-state index in [9.17, 15) is 9.59 Å². The molecule has 0 aromatic heterocycles. The Morgan fingerprint density at radius 3 is 3.06 bits per heavy atom. The molecule has 0 bridgehead atoms. The summed E-state index contributed by atoms with van der Waals surface area (Å²) in [6, 6.07) is 5.46. The van der Waals surface area contributed by atoms with Crippen molar-refractivity contribution in [1.82, 2.24) is 0 Å². The predicted molar refractivity (Wildman–Crippen MR) is 73.0 cm³/mol. The second kappa shape index (κ2) is 5.54. The van der Waals surface area contributed by atoms with E-state index in [1.165, 1.54) is 11.8 Å². The highest BCUT2D eigenvalue weighted by Gasteiger charge is 2.17. The fourth-order valence-electron chi connectivity index (χ4n) is 1.77. The van der Waals surface area contributed by atoms with Crippen molar-refractivity contribution in [2.75, 3.05) is 17.6 Å². The van der Waals surface area contributed by atoms with Gasteiger partial charge >= 0.3 is 0 Å². The number of nitrogens with one attached hydrogen (secondary N) is 1. The number of amides is 1. The molecule has 1 aromatic rings. The van der Waals surface area contributed by atoms with Crippen molar-refractivity contribution >= 4 is 29.1 Å². The first-order valence-corrected chi connectivity index (χ1v) is 6.88. The molecule has 1 unspecified atom stereocenters. The first-order valence-electron chi connectivity index (χ1n) is 5.90. The van der Waals surface area contributed by atoms with Crippen LogP contribution in [0.4, 0.5) is 5.69 Å². The van der Waals surface area contributed by atoms with Crippen LogP contribution in [0.5, 0.6) is 0 Å². The number of hydrogen-bond acceptors (Lipinski definition) is 4. The van der Waals surface area contributed by atoms with Crippen molar-refractivity contribution in [2.45, 2.75) is 18.2 Å². The number of thioether (sulfide) groups is 1. The Hall–Kier alpha value is -1.33. The molecule has 0 radical (unpaired) electrons. The molecule has 0 aliphatic carbocycles. The molecule has 18 heavy (non-hydrogen) atoms. The summed E-state index contributed by atoms with van der Waals surface area (Å²) in [5.41, 5.74) is 6.89. The first kappa shape index (κ1) is 13.1. The number of hydrogen-bond donors (Lipinski definition) is 2. The number of benzene rings is 1. The Morgan fingerprint density at radius 2 is 2.33 bits per heavy atom. The van der Waals surface area contributed by atoms with E-state index >= 15 is 0 Å². The molecule has 96 valence electrons. The van der Waals surface area contributed by atoms with Crippen LogP contribution < -0.4 is 11.1 Å². The van der Waals surface area contributed by atoms with Crippen LogP contribution >= 0.6 is 11.8 Å². The molecule has 0 saturated carbocycles. The quantitative estimate of drug-likeness (QED) is 0.815. The normalized spacial score (nSPS) is 15.8. The lowest BCUT2D eigenvalue weighted by molar-refractivity contribution is -0.113. The van der Waals surface area contributed by atoms with Crippen molar-refractivity contribution < 1.29 is 9.59 Å². The minimum Gasteiger partial charge on any atom is -0.330 e. The smallest absolute Gasteiger partial charge is 0.234 e. The van der Waals surface area contributed by atoms with E-state index in [0.29, 0.717) is 24.3 Å². The second-order valence-corrected chi connectivity index (χ2v) is 5.53. The maximum Gasteiger partial charge on any atom is 0.234 e. The molecular weight excluding hydrogens is 248 g/mol. The number of ketones is 1. The van der Waals surface area contributed by atoms with Crippen molar-refractivity contribution in [1.29, 1.82) is 0 Å². The van der Waals surface area contributed by atoms with E-state index in [1.807, 2.05) is 19.1 Å². The van der Waals surface area contributed by atoms with Crippen LogP contribution in [-0.4, -0.2) is 24.0 Å². The van der Waals surface area contributed by atoms with E-state index < -0.39 is 0 Å². The molecule has 3 N–H and O–H groups in total. The van der Waals surface area contributed by atoms with Crippen LogP contribution in [0.3, 0.4) is 0 Å². The second-order valence-electron chi connectivity index (χ2n) is 4.52. The topological polar surface area (TPSA) is 72.2 Å². The Labute approximate surface area is 110 Å². The summed E-state index contributed by atoms with van der Waals surface area (Å²) in [7, 11) is 0. The maximum atomic E-state index is 12.0. The van der Waals surface area contributed by atoms with Crippen molar-refractivity contribution in [3.05, 3.63) is 23.8 Å². The summed E-state index contributed by atoms with van der Waals surface area (Å²) in [6.45, 7) is 2.46. The largest absolute Gasteiger partial charge is 0.330 e. The van der Waals surface area contributed by atoms with Crippen LogP contribution in [0.1, 0.15) is 23.7 Å². The van der Waals surface area contributed by atoms with Gasteiger partial charge in [0.2, 0.25) is 5.91 Å². The summed E-state index contributed by atoms with van der Waals surface area (Å²) < 4.78 is 0. The average Bonchev–Trinajstić information content (AvgIpc) is 2.37. The molecule has 0 saturated heterocycles. The van der Waals surface area contributed by atoms with Gasteiger partial charge < -0.3 is 11.1 Å². The van der Waals surface area contributed by atoms with Gasteiger partial charge in [0, 0.05) is 16.9 Å². The van der Waals surface area contributed by atoms with E-state index in [2.05, 4.69) is 5.32 Å². The van der Waals surface area contributed by atoms with Gasteiger partial charge in [0.15, 0.2) is 5.78 Å². The molecule has 2 rings (SSSR count). The zero-order valence-electron chi connectivity index (χ0n) is 10.2. The zero-order chi connectivity index (χ0) is 13.1. The zero-order valence-corrected chi connectivity index (χ0v) is 11.0. The number of anilines is 1. The number of Topliss-reactive ketones (excluding diaryl/α,β-unsaturated/α-hetero) is 1. The van der Waals surface area contributed by atoms with Crippen LogP contribution in [0.25, 0.3) is 0 Å². The number of nitrogens with two attached hydrogens (primary N) is 1. The lowest BCUT2D eigenvalue weighted by Gasteiger charge is -2.17. The first-order chi connectivity index (χ1) is 8.60. The highest BCUT2D eigenvalue weighted by molar-refractivity contribution is 8.00. The third-order valence-electron chi connectivity index (χ3n) is 2.87. The van der Waals surface area contributed by atoms with Gasteiger partial charge in [0.1, 0.15) is 0 Å². The third-order valence-corrected chi connectivity index (χ3v) is 3.94. The average molecular weight is 264 g/mol. The van der Waals surface area contributed by atoms with E-state index in [-0.39, 0.29) is 17.6 Å². The Morgan fingerprint density at radius 1 is 1.56 bits per heavy atom. The van der Waals surface area contributed by atoms with Gasteiger partial charge in [-0.15, -0.1) is 11.8 Å². The molecule has 1 amide bonds. The summed E-state index contributed by atoms with van der Waals surface area (Å²) in [5, 5.41) is 2.79. The summed E-state index contributed by atoms with van der Waals surface area (Å²) in [5.74, 6) is 0.662. The monoisotopic (exact) mass is 264 g/mol. The van der Waals surface area contributed by atoms with Crippen LogP contribution in [0.2, 0.25) is 0 Å². The van der Waals surface area contributed by atoms with Gasteiger partial charge in [0.05, 0.1) is 11.4 Å². The van der Waals surface area contributed by atoms with Crippen molar-refractivity contribution in [3.8, 4) is 0 Å². The third kappa shape index (κ3) is 2.91. The van der Waals surface area contributed by atoms with Crippen LogP contribution in [0, 0.1) is 5.92 Å². The molecular formula is C13H16N2O2S. The van der Waals surface area contributed by atoms with Gasteiger partial charge in [-0.2, -0.15) is 0 Å². The van der Waals surface area contributed by atoms with E-state index in [0.717, 1.165) is 10.6 Å². The Balaban J connectivity index is 2.17. The Kier molecular flexibility index (Phi) is 4.04. The Bertz CT molecular complexity index is 488. The van der Waals surface area contributed by atoms with Crippen LogP contribution in [-0.2, 0) is 4.79 Å². The molecule has 1 atom stereocenters. The molecule has 1 aliphatic heterocycles. The standard InChI is InChI=1S/C13H16N2O2S/c1-8(6-14)4-11(16)9-2-3-12-10(5-9)15-13(17)7-18-12/h2-3,5,8H,4,6-7,14H2,1H3,(H,15,17).